The average molecular weight is 228 g/mol. The second-order valence-corrected chi connectivity index (χ2v) is 5.10. The van der Waals surface area contributed by atoms with E-state index in [0.717, 1.165) is 6.61 Å². The highest BCUT2D eigenvalue weighted by atomic mass is 16.7. The molecule has 0 aromatic rings. The van der Waals surface area contributed by atoms with Gasteiger partial charge < -0.3 is 9.47 Å². The fourth-order valence-corrected chi connectivity index (χ4v) is 2.51. The molecule has 1 fully saturated rings. The van der Waals surface area contributed by atoms with Crippen LogP contribution in [-0.4, -0.2) is 19.0 Å². The predicted octanol–water partition coefficient (Wildman–Crippen LogP) is 3.99. The third-order valence-electron chi connectivity index (χ3n) is 3.62. The SMILES string of the molecule is CCCC(C)C1OCC(CC)C(CCC)O1. The topological polar surface area (TPSA) is 18.5 Å². The Labute approximate surface area is 101 Å². The highest BCUT2D eigenvalue weighted by molar-refractivity contribution is 4.75. The molecule has 0 spiro atoms. The largest absolute Gasteiger partial charge is 0.352 e. The van der Waals surface area contributed by atoms with Crippen LogP contribution in [-0.2, 0) is 9.47 Å². The maximum absolute atomic E-state index is 6.12. The molecule has 2 heteroatoms. The van der Waals surface area contributed by atoms with Gasteiger partial charge in [-0.25, -0.2) is 0 Å². The molecule has 2 nitrogen and oxygen atoms in total. The molecule has 0 radical (unpaired) electrons. The first-order chi connectivity index (χ1) is 7.72. The zero-order chi connectivity index (χ0) is 12.0. The van der Waals surface area contributed by atoms with Crippen LogP contribution < -0.4 is 0 Å². The van der Waals surface area contributed by atoms with Crippen molar-refractivity contribution in [2.75, 3.05) is 6.61 Å². The van der Waals surface area contributed by atoms with Crippen LogP contribution in [0.2, 0.25) is 0 Å². The molecule has 0 saturated carbocycles. The molecule has 4 unspecified atom stereocenters. The van der Waals surface area contributed by atoms with Crippen LogP contribution in [0.4, 0.5) is 0 Å². The van der Waals surface area contributed by atoms with Crippen molar-refractivity contribution in [2.45, 2.75) is 72.2 Å². The lowest BCUT2D eigenvalue weighted by Gasteiger charge is -2.38. The molecule has 0 bridgehead atoms. The van der Waals surface area contributed by atoms with E-state index in [1.165, 1.54) is 32.1 Å². The summed E-state index contributed by atoms with van der Waals surface area (Å²) in [7, 11) is 0. The lowest BCUT2D eigenvalue weighted by molar-refractivity contribution is -0.257. The van der Waals surface area contributed by atoms with Gasteiger partial charge in [0, 0.05) is 11.8 Å². The van der Waals surface area contributed by atoms with Crippen molar-refractivity contribution < 1.29 is 9.47 Å². The van der Waals surface area contributed by atoms with Crippen LogP contribution in [0.25, 0.3) is 0 Å². The van der Waals surface area contributed by atoms with Gasteiger partial charge in [0.15, 0.2) is 6.29 Å². The van der Waals surface area contributed by atoms with E-state index in [9.17, 15) is 0 Å². The molecule has 1 aliphatic heterocycles. The quantitative estimate of drug-likeness (QED) is 0.684. The highest BCUT2D eigenvalue weighted by Gasteiger charge is 2.32. The number of hydrogen-bond acceptors (Lipinski definition) is 2. The van der Waals surface area contributed by atoms with E-state index in [-0.39, 0.29) is 6.29 Å². The molecule has 96 valence electrons. The van der Waals surface area contributed by atoms with Crippen molar-refractivity contribution in [1.29, 1.82) is 0 Å². The normalized spacial score (nSPS) is 32.6. The molecule has 16 heavy (non-hydrogen) atoms. The lowest BCUT2D eigenvalue weighted by Crippen LogP contribution is -2.42. The van der Waals surface area contributed by atoms with Gasteiger partial charge >= 0.3 is 0 Å². The highest BCUT2D eigenvalue weighted by Crippen LogP contribution is 2.29. The molecule has 1 heterocycles. The number of rotatable bonds is 6. The molecular formula is C14H28O2. The van der Waals surface area contributed by atoms with E-state index in [4.69, 9.17) is 9.47 Å². The Kier molecular flexibility index (Phi) is 6.37. The fourth-order valence-electron chi connectivity index (χ4n) is 2.51. The Balaban J connectivity index is 2.47. The standard InChI is InChI=1S/C14H28O2/c1-5-8-11(4)14-15-10-12(7-3)13(16-14)9-6-2/h11-14H,5-10H2,1-4H3. The van der Waals surface area contributed by atoms with Gasteiger partial charge in [-0.1, -0.05) is 40.5 Å². The summed E-state index contributed by atoms with van der Waals surface area (Å²) < 4.78 is 12.0. The summed E-state index contributed by atoms with van der Waals surface area (Å²) in [6.45, 7) is 9.81. The van der Waals surface area contributed by atoms with Crippen molar-refractivity contribution in [1.82, 2.24) is 0 Å². The van der Waals surface area contributed by atoms with Crippen LogP contribution in [0.5, 0.6) is 0 Å². The second kappa shape index (κ2) is 7.29. The third kappa shape index (κ3) is 3.74. The summed E-state index contributed by atoms with van der Waals surface area (Å²) in [6.07, 6.45) is 6.42. The minimum atomic E-state index is 0.0410. The van der Waals surface area contributed by atoms with E-state index >= 15 is 0 Å². The Morgan fingerprint density at radius 3 is 2.50 bits per heavy atom. The van der Waals surface area contributed by atoms with E-state index in [2.05, 4.69) is 27.7 Å². The summed E-state index contributed by atoms with van der Waals surface area (Å²) in [4.78, 5) is 0. The molecule has 1 saturated heterocycles. The van der Waals surface area contributed by atoms with Gasteiger partial charge in [0.25, 0.3) is 0 Å². The lowest BCUT2D eigenvalue weighted by atomic mass is 9.94. The molecule has 0 amide bonds. The molecule has 0 N–H and O–H groups in total. The Morgan fingerprint density at radius 1 is 1.19 bits per heavy atom. The zero-order valence-corrected chi connectivity index (χ0v) is 11.4. The molecule has 0 aromatic carbocycles. The van der Waals surface area contributed by atoms with Crippen molar-refractivity contribution >= 4 is 0 Å². The van der Waals surface area contributed by atoms with E-state index in [1.54, 1.807) is 0 Å². The van der Waals surface area contributed by atoms with Crippen LogP contribution in [0.3, 0.4) is 0 Å². The molecule has 1 rings (SSSR count). The predicted molar refractivity (Wildman–Crippen MR) is 67.4 cm³/mol. The Bertz CT molecular complexity index is 182. The first-order valence-corrected chi connectivity index (χ1v) is 6.99. The van der Waals surface area contributed by atoms with E-state index in [0.29, 0.717) is 17.9 Å². The summed E-state index contributed by atoms with van der Waals surface area (Å²) in [5, 5.41) is 0. The van der Waals surface area contributed by atoms with E-state index < -0.39 is 0 Å². The summed E-state index contributed by atoms with van der Waals surface area (Å²) in [5.74, 6) is 1.13. The van der Waals surface area contributed by atoms with Crippen molar-refractivity contribution in [3.05, 3.63) is 0 Å². The van der Waals surface area contributed by atoms with Gasteiger partial charge in [-0.2, -0.15) is 0 Å². The summed E-state index contributed by atoms with van der Waals surface area (Å²) >= 11 is 0. The number of hydrogen-bond donors (Lipinski definition) is 0. The molecule has 1 aliphatic rings. The first kappa shape index (κ1) is 14.0. The maximum Gasteiger partial charge on any atom is 0.160 e. The fraction of sp³-hybridized carbons (Fsp3) is 1.00. The molecule has 0 aromatic heterocycles. The first-order valence-electron chi connectivity index (χ1n) is 6.99. The number of ether oxygens (including phenoxy) is 2. The molecule has 4 atom stereocenters. The summed E-state index contributed by atoms with van der Waals surface area (Å²) in [6, 6.07) is 0. The average Bonchev–Trinajstić information content (AvgIpc) is 2.29. The van der Waals surface area contributed by atoms with Gasteiger partial charge in [-0.05, 0) is 19.3 Å². The van der Waals surface area contributed by atoms with Crippen LogP contribution in [0.1, 0.15) is 59.8 Å². The van der Waals surface area contributed by atoms with E-state index in [1.807, 2.05) is 0 Å². The van der Waals surface area contributed by atoms with Crippen molar-refractivity contribution in [3.63, 3.8) is 0 Å². The minimum absolute atomic E-state index is 0.0410. The van der Waals surface area contributed by atoms with Gasteiger partial charge in [0.2, 0.25) is 0 Å². The van der Waals surface area contributed by atoms with Gasteiger partial charge in [0.05, 0.1) is 12.7 Å². The molecular weight excluding hydrogens is 200 g/mol. The minimum Gasteiger partial charge on any atom is -0.352 e. The monoisotopic (exact) mass is 228 g/mol. The smallest absolute Gasteiger partial charge is 0.160 e. The Morgan fingerprint density at radius 2 is 1.94 bits per heavy atom. The van der Waals surface area contributed by atoms with Crippen LogP contribution >= 0.6 is 0 Å². The van der Waals surface area contributed by atoms with Crippen molar-refractivity contribution in [2.24, 2.45) is 11.8 Å². The van der Waals surface area contributed by atoms with Crippen LogP contribution in [0, 0.1) is 11.8 Å². The van der Waals surface area contributed by atoms with Gasteiger partial charge in [0.1, 0.15) is 0 Å². The Hall–Kier alpha value is -0.0800. The zero-order valence-electron chi connectivity index (χ0n) is 11.4. The summed E-state index contributed by atoms with van der Waals surface area (Å²) in [5.41, 5.74) is 0. The molecule has 0 aliphatic carbocycles. The van der Waals surface area contributed by atoms with Crippen LogP contribution in [0.15, 0.2) is 0 Å². The maximum atomic E-state index is 6.12. The van der Waals surface area contributed by atoms with Crippen molar-refractivity contribution in [3.8, 4) is 0 Å². The third-order valence-corrected chi connectivity index (χ3v) is 3.62. The van der Waals surface area contributed by atoms with Gasteiger partial charge in [-0.15, -0.1) is 0 Å². The van der Waals surface area contributed by atoms with Gasteiger partial charge in [-0.3, -0.25) is 0 Å². The second-order valence-electron chi connectivity index (χ2n) is 5.10.